The molecule has 4 bridgehead atoms. The van der Waals surface area contributed by atoms with Gasteiger partial charge in [-0.1, -0.05) is 6.07 Å². The van der Waals surface area contributed by atoms with Crippen LogP contribution in [0.25, 0.3) is 0 Å². The highest BCUT2D eigenvalue weighted by atomic mass is 16.5. The van der Waals surface area contributed by atoms with Gasteiger partial charge in [-0.25, -0.2) is 9.78 Å². The smallest absolute Gasteiger partial charge is 0.407 e. The zero-order chi connectivity index (χ0) is 22.9. The van der Waals surface area contributed by atoms with Crippen LogP contribution in [0.1, 0.15) is 61.1 Å². The molecule has 2 atom stereocenters. The molecular weight excluding hydrogens is 420 g/mol. The van der Waals surface area contributed by atoms with Gasteiger partial charge in [0.1, 0.15) is 5.69 Å². The van der Waals surface area contributed by atoms with E-state index in [1.807, 2.05) is 19.1 Å². The quantitative estimate of drug-likeness (QED) is 0.613. The third kappa shape index (κ3) is 5.17. The number of alkyl carbamates (subject to hydrolysis) is 1. The second-order valence-electron chi connectivity index (χ2n) is 10.7. The van der Waals surface area contributed by atoms with Crippen LogP contribution in [-0.4, -0.2) is 72.4 Å². The largest absolute Gasteiger partial charge is 0.450 e. The first-order valence-corrected chi connectivity index (χ1v) is 12.4. The summed E-state index contributed by atoms with van der Waals surface area (Å²) in [5.41, 5.74) is 0.754. The lowest BCUT2D eigenvalue weighted by atomic mass is 9.50. The monoisotopic (exact) mass is 456 g/mol. The molecule has 4 aliphatic carbocycles. The van der Waals surface area contributed by atoms with Gasteiger partial charge in [0.2, 0.25) is 0 Å². The molecule has 0 aromatic carbocycles. The van der Waals surface area contributed by atoms with E-state index in [9.17, 15) is 9.59 Å². The molecule has 1 aliphatic heterocycles. The minimum absolute atomic E-state index is 0.110. The summed E-state index contributed by atoms with van der Waals surface area (Å²) < 4.78 is 10.9. The van der Waals surface area contributed by atoms with Crippen molar-refractivity contribution >= 4 is 12.0 Å². The Morgan fingerprint density at radius 3 is 2.52 bits per heavy atom. The van der Waals surface area contributed by atoms with E-state index in [0.717, 1.165) is 77.1 Å². The molecule has 8 heteroatoms. The number of amides is 2. The van der Waals surface area contributed by atoms with Crippen molar-refractivity contribution in [3.05, 3.63) is 29.6 Å². The van der Waals surface area contributed by atoms with Gasteiger partial charge < -0.3 is 20.1 Å². The van der Waals surface area contributed by atoms with Gasteiger partial charge in [-0.15, -0.1) is 0 Å². The summed E-state index contributed by atoms with van der Waals surface area (Å²) in [4.78, 5) is 32.5. The van der Waals surface area contributed by atoms with E-state index in [0.29, 0.717) is 24.1 Å². The number of ether oxygens (including phenoxy) is 2. The van der Waals surface area contributed by atoms with Crippen molar-refractivity contribution in [2.75, 3.05) is 39.5 Å². The minimum Gasteiger partial charge on any atom is -0.450 e. The fourth-order valence-electron chi connectivity index (χ4n) is 7.06. The number of nitrogens with one attached hydrogen (secondary N) is 2. The summed E-state index contributed by atoms with van der Waals surface area (Å²) in [6.07, 6.45) is 6.40. The number of carbonyl (C=O) groups is 2. The van der Waals surface area contributed by atoms with Gasteiger partial charge in [-0.05, 0) is 75.8 Å². The summed E-state index contributed by atoms with van der Waals surface area (Å²) in [7, 11) is 0. The van der Waals surface area contributed by atoms with Gasteiger partial charge >= 0.3 is 6.09 Å². The van der Waals surface area contributed by atoms with Gasteiger partial charge in [0.15, 0.2) is 0 Å². The van der Waals surface area contributed by atoms with Crippen molar-refractivity contribution < 1.29 is 19.1 Å². The number of aromatic nitrogens is 1. The maximum atomic E-state index is 13.0. The molecule has 8 nitrogen and oxygen atoms in total. The van der Waals surface area contributed by atoms with E-state index in [4.69, 9.17) is 9.47 Å². The van der Waals surface area contributed by atoms with Gasteiger partial charge in [-0.2, -0.15) is 0 Å². The normalized spacial score (nSPS) is 33.0. The summed E-state index contributed by atoms with van der Waals surface area (Å²) >= 11 is 0. The Labute approximate surface area is 195 Å². The summed E-state index contributed by atoms with van der Waals surface area (Å²) in [5, 5.41) is 6.59. The van der Waals surface area contributed by atoms with E-state index in [1.54, 1.807) is 6.07 Å². The molecule has 1 aromatic heterocycles. The SMILES string of the molecule is Cc1cccc(C(=O)NC23CC4CC(CC(NC(=O)OCCCN5CCOCC5)(C4)C2)C3)n1. The van der Waals surface area contributed by atoms with Crippen LogP contribution in [-0.2, 0) is 9.47 Å². The number of hydrogen-bond donors (Lipinski definition) is 2. The van der Waals surface area contributed by atoms with Crippen LogP contribution in [0.3, 0.4) is 0 Å². The van der Waals surface area contributed by atoms with Crippen molar-refractivity contribution in [1.29, 1.82) is 0 Å². The van der Waals surface area contributed by atoms with Crippen LogP contribution in [0.15, 0.2) is 18.2 Å². The Morgan fingerprint density at radius 1 is 1.12 bits per heavy atom. The highest BCUT2D eigenvalue weighted by Crippen LogP contribution is 2.57. The molecule has 5 fully saturated rings. The third-order valence-corrected chi connectivity index (χ3v) is 7.88. The summed E-state index contributed by atoms with van der Waals surface area (Å²) in [6, 6.07) is 5.53. The van der Waals surface area contributed by atoms with E-state index >= 15 is 0 Å². The van der Waals surface area contributed by atoms with Crippen LogP contribution < -0.4 is 10.6 Å². The molecule has 2 amide bonds. The van der Waals surface area contributed by atoms with Crippen LogP contribution >= 0.6 is 0 Å². The average molecular weight is 457 g/mol. The van der Waals surface area contributed by atoms with Gasteiger partial charge in [0, 0.05) is 36.4 Å². The van der Waals surface area contributed by atoms with Crippen LogP contribution in [0.4, 0.5) is 4.79 Å². The van der Waals surface area contributed by atoms with Crippen LogP contribution in [0.5, 0.6) is 0 Å². The lowest BCUT2D eigenvalue weighted by Crippen LogP contribution is -2.70. The number of aryl methyl sites for hydroxylation is 1. The molecule has 6 rings (SSSR count). The van der Waals surface area contributed by atoms with Crippen LogP contribution in [0.2, 0.25) is 0 Å². The first kappa shape index (κ1) is 22.6. The number of rotatable bonds is 7. The molecule has 33 heavy (non-hydrogen) atoms. The first-order chi connectivity index (χ1) is 15.9. The minimum atomic E-state index is -0.319. The highest BCUT2D eigenvalue weighted by molar-refractivity contribution is 5.92. The zero-order valence-electron chi connectivity index (χ0n) is 19.6. The summed E-state index contributed by atoms with van der Waals surface area (Å²) in [6.45, 7) is 6.71. The van der Waals surface area contributed by atoms with E-state index in [-0.39, 0.29) is 23.1 Å². The molecule has 0 spiro atoms. The van der Waals surface area contributed by atoms with Crippen molar-refractivity contribution in [1.82, 2.24) is 20.5 Å². The third-order valence-electron chi connectivity index (χ3n) is 7.88. The lowest BCUT2D eigenvalue weighted by Gasteiger charge is -2.62. The predicted molar refractivity (Wildman–Crippen MR) is 123 cm³/mol. The summed E-state index contributed by atoms with van der Waals surface area (Å²) in [5.74, 6) is 0.943. The number of morpholine rings is 1. The van der Waals surface area contributed by atoms with Crippen LogP contribution in [0, 0.1) is 18.8 Å². The number of hydrogen-bond acceptors (Lipinski definition) is 6. The van der Waals surface area contributed by atoms with Crippen molar-refractivity contribution in [3.8, 4) is 0 Å². The van der Waals surface area contributed by atoms with E-state index in [2.05, 4.69) is 20.5 Å². The molecular formula is C25H36N4O4. The fourth-order valence-corrected chi connectivity index (χ4v) is 7.06. The Kier molecular flexibility index (Phi) is 6.31. The first-order valence-electron chi connectivity index (χ1n) is 12.4. The Morgan fingerprint density at radius 2 is 1.82 bits per heavy atom. The van der Waals surface area contributed by atoms with E-state index in [1.165, 1.54) is 6.42 Å². The maximum Gasteiger partial charge on any atom is 0.407 e. The van der Waals surface area contributed by atoms with Gasteiger partial charge in [0.25, 0.3) is 5.91 Å². The molecule has 2 heterocycles. The number of carbonyl (C=O) groups excluding carboxylic acids is 2. The molecule has 1 saturated heterocycles. The zero-order valence-corrected chi connectivity index (χ0v) is 19.6. The second kappa shape index (κ2) is 9.22. The predicted octanol–water partition coefficient (Wildman–Crippen LogP) is 2.66. The standard InChI is InChI=1S/C25H36N4O4/c1-18-4-2-5-21(26-18)22(30)27-24-13-19-12-20(14-24)16-25(15-19,17-24)28-23(31)33-9-3-6-29-7-10-32-11-8-29/h2,4-5,19-20H,3,6-17H2,1H3,(H,27,30)(H,28,31). The molecule has 0 radical (unpaired) electrons. The molecule has 180 valence electrons. The number of nitrogens with zero attached hydrogens (tertiary/aromatic N) is 2. The van der Waals surface area contributed by atoms with Crippen molar-refractivity contribution in [3.63, 3.8) is 0 Å². The Hall–Kier alpha value is -2.19. The lowest BCUT2D eigenvalue weighted by molar-refractivity contribution is -0.0470. The Balaban J connectivity index is 1.17. The molecule has 2 unspecified atom stereocenters. The average Bonchev–Trinajstić information content (AvgIpc) is 2.76. The molecule has 5 aliphatic rings. The topological polar surface area (TPSA) is 92.8 Å². The Bertz CT molecular complexity index is 871. The highest BCUT2D eigenvalue weighted by Gasteiger charge is 2.59. The second-order valence-corrected chi connectivity index (χ2v) is 10.7. The van der Waals surface area contributed by atoms with E-state index < -0.39 is 0 Å². The maximum absolute atomic E-state index is 13.0. The number of pyridine rings is 1. The fraction of sp³-hybridized carbons (Fsp3) is 0.720. The molecule has 1 aromatic rings. The molecule has 4 saturated carbocycles. The van der Waals surface area contributed by atoms with Crippen molar-refractivity contribution in [2.45, 2.75) is 62.9 Å². The van der Waals surface area contributed by atoms with Gasteiger partial charge in [0.05, 0.1) is 19.8 Å². The van der Waals surface area contributed by atoms with Gasteiger partial charge in [-0.3, -0.25) is 9.69 Å². The molecule has 2 N–H and O–H groups in total. The van der Waals surface area contributed by atoms with Crippen molar-refractivity contribution in [2.24, 2.45) is 11.8 Å².